The first kappa shape index (κ1) is 21.9. The molecule has 1 aliphatic rings. The Balaban J connectivity index is 1.90. The van der Waals surface area contributed by atoms with E-state index in [1.807, 2.05) is 48.0 Å². The maximum Gasteiger partial charge on any atom is 0.303 e. The summed E-state index contributed by atoms with van der Waals surface area (Å²) in [6.07, 6.45) is -1.86. The highest BCUT2D eigenvalue weighted by Crippen LogP contribution is 2.46. The van der Waals surface area contributed by atoms with Crippen LogP contribution in [-0.4, -0.2) is 28.2 Å². The molecule has 4 aromatic rings. The summed E-state index contributed by atoms with van der Waals surface area (Å²) in [4.78, 5) is 37.7. The van der Waals surface area contributed by atoms with Gasteiger partial charge in [-0.15, -0.1) is 0 Å². The van der Waals surface area contributed by atoms with E-state index in [1.165, 1.54) is 13.8 Å². The van der Waals surface area contributed by atoms with Crippen LogP contribution >= 0.6 is 0 Å². The second kappa shape index (κ2) is 7.58. The smallest absolute Gasteiger partial charge is 0.303 e. The number of aromatic nitrogens is 1. The minimum atomic E-state index is -0.974. The van der Waals surface area contributed by atoms with E-state index in [0.29, 0.717) is 27.6 Å². The number of hydrogen-bond donors (Lipinski definition) is 0. The van der Waals surface area contributed by atoms with Gasteiger partial charge < -0.3 is 18.8 Å². The van der Waals surface area contributed by atoms with Gasteiger partial charge in [0.05, 0.1) is 16.6 Å². The van der Waals surface area contributed by atoms with Crippen LogP contribution in [0.2, 0.25) is 0 Å². The molecule has 1 aliphatic heterocycles. The molecule has 0 bridgehead atoms. The number of ether oxygens (including phenoxy) is 3. The number of pyridine rings is 1. The van der Waals surface area contributed by atoms with Crippen molar-refractivity contribution in [1.29, 1.82) is 0 Å². The molecule has 7 nitrogen and oxygen atoms in total. The Morgan fingerprint density at radius 1 is 0.941 bits per heavy atom. The fourth-order valence-corrected chi connectivity index (χ4v) is 4.99. The highest BCUT2D eigenvalue weighted by Gasteiger charge is 2.49. The zero-order valence-electron chi connectivity index (χ0n) is 19.7. The Bertz CT molecular complexity index is 1570. The van der Waals surface area contributed by atoms with Crippen LogP contribution in [0.1, 0.15) is 39.4 Å². The standard InChI is InChI=1S/C27H25NO6/c1-14(29)32-25-22-21(34-27(3,4)26(25)33-15(2)30)11-10-18-23(22)28(5)20-13-17-9-7-6-8-16(17)12-19(20)24(18)31/h6-13,25-26H,1-5H3/t25-,26-/m1/s1. The lowest BCUT2D eigenvalue weighted by Gasteiger charge is -2.43. The molecule has 7 heteroatoms. The predicted octanol–water partition coefficient (Wildman–Crippen LogP) is 4.55. The molecule has 2 atom stereocenters. The van der Waals surface area contributed by atoms with Crippen molar-refractivity contribution >= 4 is 44.5 Å². The summed E-state index contributed by atoms with van der Waals surface area (Å²) in [6, 6.07) is 15.2. The van der Waals surface area contributed by atoms with E-state index in [1.54, 1.807) is 26.0 Å². The fourth-order valence-electron chi connectivity index (χ4n) is 4.99. The van der Waals surface area contributed by atoms with E-state index in [0.717, 1.165) is 16.3 Å². The average Bonchev–Trinajstić information content (AvgIpc) is 2.77. The minimum absolute atomic E-state index is 0.132. The molecule has 0 saturated carbocycles. The Kier molecular flexibility index (Phi) is 4.90. The van der Waals surface area contributed by atoms with Crippen LogP contribution in [0.5, 0.6) is 5.75 Å². The number of rotatable bonds is 2. The summed E-state index contributed by atoms with van der Waals surface area (Å²) in [7, 11) is 1.87. The van der Waals surface area contributed by atoms with Crippen molar-refractivity contribution in [1.82, 2.24) is 4.57 Å². The highest BCUT2D eigenvalue weighted by atomic mass is 16.6. The van der Waals surface area contributed by atoms with E-state index in [9.17, 15) is 14.4 Å². The molecule has 2 heterocycles. The third-order valence-corrected chi connectivity index (χ3v) is 6.43. The van der Waals surface area contributed by atoms with Gasteiger partial charge in [0.15, 0.2) is 17.6 Å². The SMILES string of the molecule is CC(=O)O[C@@H]1c2c(ccc3c(=O)c4cc5ccccc5cc4n(C)c23)OC(C)(C)[C@@H]1OC(C)=O. The molecule has 0 amide bonds. The number of fused-ring (bicyclic) bond motifs is 5. The summed E-state index contributed by atoms with van der Waals surface area (Å²) >= 11 is 0. The molecule has 3 aromatic carbocycles. The van der Waals surface area contributed by atoms with Gasteiger partial charge in [-0.05, 0) is 48.9 Å². The lowest BCUT2D eigenvalue weighted by molar-refractivity contribution is -0.187. The van der Waals surface area contributed by atoms with Gasteiger partial charge in [-0.2, -0.15) is 0 Å². The first-order chi connectivity index (χ1) is 16.1. The molecule has 0 radical (unpaired) electrons. The van der Waals surface area contributed by atoms with Crippen LogP contribution in [-0.2, 0) is 26.1 Å². The topological polar surface area (TPSA) is 83.8 Å². The van der Waals surface area contributed by atoms with E-state index in [-0.39, 0.29) is 5.43 Å². The summed E-state index contributed by atoms with van der Waals surface area (Å²) in [6.45, 7) is 6.15. The molecular weight excluding hydrogens is 434 g/mol. The molecule has 0 saturated heterocycles. The van der Waals surface area contributed by atoms with Gasteiger partial charge in [0.1, 0.15) is 11.4 Å². The molecule has 5 rings (SSSR count). The predicted molar refractivity (Wildman–Crippen MR) is 129 cm³/mol. The zero-order chi connectivity index (χ0) is 24.4. The molecule has 0 spiro atoms. The average molecular weight is 459 g/mol. The van der Waals surface area contributed by atoms with Crippen LogP contribution in [0.25, 0.3) is 32.6 Å². The maximum absolute atomic E-state index is 13.6. The Labute approximate surface area is 195 Å². The van der Waals surface area contributed by atoms with Gasteiger partial charge >= 0.3 is 11.9 Å². The number of esters is 2. The van der Waals surface area contributed by atoms with Crippen molar-refractivity contribution in [3.05, 3.63) is 64.3 Å². The van der Waals surface area contributed by atoms with Crippen LogP contribution in [0, 0.1) is 0 Å². The van der Waals surface area contributed by atoms with Crippen LogP contribution in [0.4, 0.5) is 0 Å². The monoisotopic (exact) mass is 459 g/mol. The second-order valence-corrected chi connectivity index (χ2v) is 9.24. The second-order valence-electron chi connectivity index (χ2n) is 9.24. The molecule has 1 aromatic heterocycles. The Morgan fingerprint density at radius 2 is 1.59 bits per heavy atom. The van der Waals surface area contributed by atoms with E-state index < -0.39 is 29.7 Å². The van der Waals surface area contributed by atoms with Crippen LogP contribution < -0.4 is 10.2 Å². The number of nitrogens with zero attached hydrogens (tertiary/aromatic N) is 1. The van der Waals surface area contributed by atoms with Gasteiger partial charge in [0.25, 0.3) is 0 Å². The molecule has 34 heavy (non-hydrogen) atoms. The first-order valence-electron chi connectivity index (χ1n) is 11.1. The van der Waals surface area contributed by atoms with Gasteiger partial charge in [0, 0.05) is 31.7 Å². The summed E-state index contributed by atoms with van der Waals surface area (Å²) in [5, 5.41) is 3.03. The van der Waals surface area contributed by atoms with E-state index in [2.05, 4.69) is 0 Å². The van der Waals surface area contributed by atoms with Crippen molar-refractivity contribution in [3.63, 3.8) is 0 Å². The molecular formula is C27H25NO6. The largest absolute Gasteiger partial charge is 0.483 e. The zero-order valence-corrected chi connectivity index (χ0v) is 19.7. The number of hydrogen-bond acceptors (Lipinski definition) is 6. The summed E-state index contributed by atoms with van der Waals surface area (Å²) < 4.78 is 19.5. The number of benzene rings is 3. The summed E-state index contributed by atoms with van der Waals surface area (Å²) in [5.41, 5.74) is 0.711. The molecule has 0 aliphatic carbocycles. The maximum atomic E-state index is 13.6. The molecule has 0 fully saturated rings. The normalized spacial score (nSPS) is 19.0. The van der Waals surface area contributed by atoms with Crippen molar-refractivity contribution in [2.24, 2.45) is 7.05 Å². The molecule has 174 valence electrons. The number of aryl methyl sites for hydroxylation is 1. The molecule has 0 N–H and O–H groups in total. The molecule has 0 unspecified atom stereocenters. The van der Waals surface area contributed by atoms with Crippen molar-refractivity contribution < 1.29 is 23.8 Å². The number of carbonyl (C=O) groups is 2. The Morgan fingerprint density at radius 3 is 2.24 bits per heavy atom. The lowest BCUT2D eigenvalue weighted by Crippen LogP contribution is -2.52. The van der Waals surface area contributed by atoms with Crippen molar-refractivity contribution in [2.75, 3.05) is 0 Å². The van der Waals surface area contributed by atoms with E-state index >= 15 is 0 Å². The number of carbonyl (C=O) groups excluding carboxylic acids is 2. The summed E-state index contributed by atoms with van der Waals surface area (Å²) in [5.74, 6) is -0.574. The minimum Gasteiger partial charge on any atom is -0.483 e. The Hall–Kier alpha value is -3.87. The van der Waals surface area contributed by atoms with Crippen molar-refractivity contribution in [3.8, 4) is 5.75 Å². The van der Waals surface area contributed by atoms with Gasteiger partial charge in [-0.25, -0.2) is 0 Å². The third kappa shape index (κ3) is 3.31. The van der Waals surface area contributed by atoms with Gasteiger partial charge in [0.2, 0.25) is 0 Å². The highest BCUT2D eigenvalue weighted by molar-refractivity contribution is 6.02. The van der Waals surface area contributed by atoms with Gasteiger partial charge in [-0.1, -0.05) is 24.3 Å². The van der Waals surface area contributed by atoms with E-state index in [4.69, 9.17) is 14.2 Å². The van der Waals surface area contributed by atoms with Crippen LogP contribution in [0.15, 0.2) is 53.3 Å². The fraction of sp³-hybridized carbons (Fsp3) is 0.296. The van der Waals surface area contributed by atoms with Gasteiger partial charge in [-0.3, -0.25) is 14.4 Å². The lowest BCUT2D eigenvalue weighted by atomic mass is 9.86. The quantitative estimate of drug-likeness (QED) is 0.323. The first-order valence-corrected chi connectivity index (χ1v) is 11.1. The van der Waals surface area contributed by atoms with Crippen LogP contribution in [0.3, 0.4) is 0 Å². The third-order valence-electron chi connectivity index (χ3n) is 6.43. The van der Waals surface area contributed by atoms with Crippen molar-refractivity contribution in [2.45, 2.75) is 45.5 Å².